The molecule has 0 aliphatic heterocycles. The molecule has 1 aliphatic rings. The minimum absolute atomic E-state index is 0.0934. The summed E-state index contributed by atoms with van der Waals surface area (Å²) in [5, 5.41) is 18.3. The number of halogens is 3. The maximum atomic E-state index is 13.7. The van der Waals surface area contributed by atoms with Gasteiger partial charge in [-0.2, -0.15) is 23.5 Å². The topological polar surface area (TPSA) is 83.1 Å². The van der Waals surface area contributed by atoms with Gasteiger partial charge in [0.25, 0.3) is 5.91 Å². The van der Waals surface area contributed by atoms with E-state index in [0.29, 0.717) is 20.0 Å². The van der Waals surface area contributed by atoms with E-state index < -0.39 is 17.8 Å². The molecular weight excluding hydrogens is 459 g/mol. The van der Waals surface area contributed by atoms with Gasteiger partial charge in [0.15, 0.2) is 11.3 Å². The van der Waals surface area contributed by atoms with Crippen molar-refractivity contribution in [3.05, 3.63) is 57.0 Å². The molecule has 6 nitrogen and oxygen atoms in total. The van der Waals surface area contributed by atoms with E-state index in [1.165, 1.54) is 22.7 Å². The maximum Gasteiger partial charge on any atom is 0.433 e. The van der Waals surface area contributed by atoms with Crippen LogP contribution in [0.25, 0.3) is 16.2 Å². The van der Waals surface area contributed by atoms with Gasteiger partial charge in [0.1, 0.15) is 16.6 Å². The zero-order valence-electron chi connectivity index (χ0n) is 16.4. The van der Waals surface area contributed by atoms with Gasteiger partial charge in [-0.3, -0.25) is 4.79 Å². The number of nitrogens with zero attached hydrogens (tertiary/aromatic N) is 4. The van der Waals surface area contributed by atoms with Gasteiger partial charge in [-0.15, -0.1) is 22.7 Å². The summed E-state index contributed by atoms with van der Waals surface area (Å²) in [5.74, 6) is -0.654. The molecule has 0 atom stereocenters. The number of aryl methyl sites for hydroxylation is 1. The van der Waals surface area contributed by atoms with Crippen LogP contribution in [0.3, 0.4) is 0 Å². The molecule has 32 heavy (non-hydrogen) atoms. The Labute approximate surface area is 188 Å². The molecule has 162 valence electrons. The molecule has 0 saturated carbocycles. The molecule has 4 aromatic heterocycles. The number of alkyl halides is 3. The summed E-state index contributed by atoms with van der Waals surface area (Å²) in [6, 6.07) is 6.46. The molecule has 1 amide bonds. The van der Waals surface area contributed by atoms with Crippen molar-refractivity contribution < 1.29 is 18.0 Å². The van der Waals surface area contributed by atoms with Crippen molar-refractivity contribution in [3.63, 3.8) is 0 Å². The fourth-order valence-electron chi connectivity index (χ4n) is 3.82. The van der Waals surface area contributed by atoms with Gasteiger partial charge < -0.3 is 5.32 Å². The molecule has 0 unspecified atom stereocenters. The van der Waals surface area contributed by atoms with Crippen LogP contribution in [0.15, 0.2) is 29.8 Å². The van der Waals surface area contributed by atoms with Crippen molar-refractivity contribution in [2.24, 2.45) is 0 Å². The van der Waals surface area contributed by atoms with Crippen LogP contribution < -0.4 is 5.32 Å². The highest BCUT2D eigenvalue weighted by molar-refractivity contribution is 7.16. The first kappa shape index (κ1) is 20.7. The van der Waals surface area contributed by atoms with E-state index in [9.17, 15) is 23.2 Å². The number of carbonyl (C=O) groups is 1. The van der Waals surface area contributed by atoms with Gasteiger partial charge in [0, 0.05) is 4.88 Å². The van der Waals surface area contributed by atoms with Crippen molar-refractivity contribution in [2.45, 2.75) is 31.9 Å². The minimum atomic E-state index is -4.69. The zero-order chi connectivity index (χ0) is 22.5. The Bertz CT molecular complexity index is 1380. The fraction of sp³-hybridized carbons (Fsp3) is 0.238. The number of thiophene rings is 2. The van der Waals surface area contributed by atoms with Crippen LogP contribution in [0.1, 0.15) is 44.9 Å². The summed E-state index contributed by atoms with van der Waals surface area (Å²) < 4.78 is 41.8. The van der Waals surface area contributed by atoms with Crippen LogP contribution in [-0.2, 0) is 19.0 Å². The van der Waals surface area contributed by atoms with Crippen molar-refractivity contribution in [1.82, 2.24) is 14.6 Å². The molecule has 5 rings (SSSR count). The van der Waals surface area contributed by atoms with Crippen molar-refractivity contribution in [3.8, 4) is 16.6 Å². The number of aromatic nitrogens is 3. The molecule has 0 bridgehead atoms. The van der Waals surface area contributed by atoms with Crippen molar-refractivity contribution in [2.75, 3.05) is 5.32 Å². The van der Waals surface area contributed by atoms with Crippen LogP contribution >= 0.6 is 22.7 Å². The number of carbonyl (C=O) groups excluding carboxylic acids is 1. The monoisotopic (exact) mass is 473 g/mol. The van der Waals surface area contributed by atoms with Crippen LogP contribution in [0.4, 0.5) is 18.2 Å². The van der Waals surface area contributed by atoms with Gasteiger partial charge in [-0.1, -0.05) is 6.07 Å². The number of hydrogen-bond donors (Lipinski definition) is 1. The van der Waals surface area contributed by atoms with E-state index >= 15 is 0 Å². The Kier molecular flexibility index (Phi) is 4.98. The van der Waals surface area contributed by atoms with E-state index in [1.54, 1.807) is 17.5 Å². The maximum absolute atomic E-state index is 13.7. The van der Waals surface area contributed by atoms with Gasteiger partial charge in [-0.05, 0) is 48.8 Å². The van der Waals surface area contributed by atoms with Crippen LogP contribution in [-0.4, -0.2) is 20.5 Å². The average Bonchev–Trinajstić information content (AvgIpc) is 3.49. The lowest BCUT2D eigenvalue weighted by atomic mass is 9.96. The van der Waals surface area contributed by atoms with Gasteiger partial charge in [-0.25, -0.2) is 9.50 Å². The fourth-order valence-corrected chi connectivity index (χ4v) is 5.74. The molecule has 0 radical (unpaired) electrons. The van der Waals surface area contributed by atoms with E-state index in [-0.39, 0.29) is 16.9 Å². The molecule has 11 heteroatoms. The Morgan fingerprint density at radius 3 is 2.81 bits per heavy atom. The van der Waals surface area contributed by atoms with Crippen LogP contribution in [0.2, 0.25) is 0 Å². The number of hydrogen-bond acceptors (Lipinski definition) is 6. The third kappa shape index (κ3) is 3.45. The van der Waals surface area contributed by atoms with E-state index in [2.05, 4.69) is 21.5 Å². The molecule has 0 spiro atoms. The highest BCUT2D eigenvalue weighted by Crippen LogP contribution is 2.38. The van der Waals surface area contributed by atoms with Crippen LogP contribution in [0.5, 0.6) is 0 Å². The van der Waals surface area contributed by atoms with Gasteiger partial charge in [0.2, 0.25) is 0 Å². The highest BCUT2D eigenvalue weighted by atomic mass is 32.1. The minimum Gasteiger partial charge on any atom is -0.312 e. The second-order valence-electron chi connectivity index (χ2n) is 7.28. The van der Waals surface area contributed by atoms with Crippen molar-refractivity contribution in [1.29, 1.82) is 5.26 Å². The largest absolute Gasteiger partial charge is 0.433 e. The van der Waals surface area contributed by atoms with Crippen LogP contribution in [0, 0.1) is 11.3 Å². The average molecular weight is 474 g/mol. The second-order valence-corrected chi connectivity index (χ2v) is 9.33. The Hall–Kier alpha value is -3.23. The number of anilines is 1. The van der Waals surface area contributed by atoms with E-state index in [0.717, 1.165) is 48.4 Å². The molecule has 4 aromatic rings. The SMILES string of the molecule is N#Cc1c(NC(=O)c2cnn3c(C(F)(F)F)cc(-c4cccs4)nc23)sc2c1CCCC2. The Balaban J connectivity index is 1.59. The predicted molar refractivity (Wildman–Crippen MR) is 115 cm³/mol. The molecular formula is C21H14F3N5OS2. The summed E-state index contributed by atoms with van der Waals surface area (Å²) in [6.45, 7) is 0. The molecule has 0 saturated heterocycles. The second kappa shape index (κ2) is 7.72. The smallest absolute Gasteiger partial charge is 0.312 e. The zero-order valence-corrected chi connectivity index (χ0v) is 18.0. The predicted octanol–water partition coefficient (Wildman–Crippen LogP) is 5.54. The summed E-state index contributed by atoms with van der Waals surface area (Å²) in [6.07, 6.45) is 0.0211. The first-order valence-corrected chi connectivity index (χ1v) is 11.4. The molecule has 1 N–H and O–H groups in total. The van der Waals surface area contributed by atoms with E-state index in [1.807, 2.05) is 0 Å². The quantitative estimate of drug-likeness (QED) is 0.423. The lowest BCUT2D eigenvalue weighted by molar-refractivity contribution is -0.142. The Morgan fingerprint density at radius 2 is 2.09 bits per heavy atom. The number of nitrogens with one attached hydrogen (secondary N) is 1. The van der Waals surface area contributed by atoms with Gasteiger partial charge >= 0.3 is 6.18 Å². The summed E-state index contributed by atoms with van der Waals surface area (Å²) in [7, 11) is 0. The first-order valence-electron chi connectivity index (χ1n) is 9.72. The standard InChI is InChI=1S/C21H14F3N5OS2/c22-21(23,24)17-8-14(16-6-3-7-31-16)27-18-13(10-26-29(17)18)19(30)28-20-12(9-25)11-4-1-2-5-15(11)32-20/h3,6-8,10H,1-2,4-5H2,(H,28,30). The third-order valence-corrected chi connectivity index (χ3v) is 7.39. The van der Waals surface area contributed by atoms with Gasteiger partial charge in [0.05, 0.1) is 22.3 Å². The summed E-state index contributed by atoms with van der Waals surface area (Å²) >= 11 is 2.59. The normalized spacial score (nSPS) is 13.7. The highest BCUT2D eigenvalue weighted by Gasteiger charge is 2.36. The first-order chi connectivity index (χ1) is 15.4. The third-order valence-electron chi connectivity index (χ3n) is 5.29. The molecule has 1 aliphatic carbocycles. The molecule has 0 aromatic carbocycles. The number of amides is 1. The van der Waals surface area contributed by atoms with E-state index in [4.69, 9.17) is 0 Å². The van der Waals surface area contributed by atoms with Crippen molar-refractivity contribution >= 4 is 39.2 Å². The number of rotatable bonds is 3. The Morgan fingerprint density at radius 1 is 1.28 bits per heavy atom. The molecule has 0 fully saturated rings. The summed E-state index contributed by atoms with van der Waals surface area (Å²) in [5.41, 5.74) is 0.187. The lowest BCUT2D eigenvalue weighted by Gasteiger charge is -2.11. The number of nitriles is 1. The lowest BCUT2D eigenvalue weighted by Crippen LogP contribution is -2.15. The number of fused-ring (bicyclic) bond motifs is 2. The summed E-state index contributed by atoms with van der Waals surface area (Å²) in [4.78, 5) is 19.0. The molecule has 4 heterocycles.